The van der Waals surface area contributed by atoms with E-state index in [1.54, 1.807) is 12.3 Å². The zero-order valence-corrected chi connectivity index (χ0v) is 18.2. The van der Waals surface area contributed by atoms with Gasteiger partial charge in [0.25, 0.3) is 0 Å². The number of H-pyrrole nitrogens is 1. The molecule has 0 fully saturated rings. The van der Waals surface area contributed by atoms with Gasteiger partial charge in [-0.2, -0.15) is 0 Å². The van der Waals surface area contributed by atoms with E-state index in [0.29, 0.717) is 10.0 Å². The summed E-state index contributed by atoms with van der Waals surface area (Å²) in [5.74, 6) is 0. The third kappa shape index (κ3) is 3.98. The molecule has 4 aromatic rings. The van der Waals surface area contributed by atoms with Crippen molar-refractivity contribution in [3.8, 4) is 11.1 Å². The number of halogens is 2. The van der Waals surface area contributed by atoms with Gasteiger partial charge in [-0.05, 0) is 34.2 Å². The van der Waals surface area contributed by atoms with Crippen molar-refractivity contribution in [2.24, 2.45) is 0 Å². The second-order valence-electron chi connectivity index (χ2n) is 8.23. The monoisotopic (exact) mass is 423 g/mol. The van der Waals surface area contributed by atoms with Crippen LogP contribution >= 0.6 is 23.2 Å². The zero-order valence-electron chi connectivity index (χ0n) is 16.7. The first-order valence-corrected chi connectivity index (χ1v) is 10.3. The number of benzene rings is 2. The van der Waals surface area contributed by atoms with E-state index in [1.807, 2.05) is 37.1 Å². The summed E-state index contributed by atoms with van der Waals surface area (Å²) in [5, 5.41) is 1.25. The van der Waals surface area contributed by atoms with Gasteiger partial charge in [-0.3, -0.25) is 0 Å². The zero-order chi connectivity index (χ0) is 20.6. The number of imidazole rings is 1. The van der Waals surface area contributed by atoms with E-state index in [4.69, 9.17) is 23.2 Å². The summed E-state index contributed by atoms with van der Waals surface area (Å²) in [6, 6.07) is 14.3. The average molecular weight is 424 g/mol. The Bertz CT molecular complexity index is 1100. The standard InChI is InChI=1S/C24H23Cl2N3/c1-24(2,3)17-6-4-16(5-7-17)20-13-28-14-21(20)23(29-11-10-27-15-29)19-9-8-18(25)12-22(19)26/h4-15,23,28H,1-3H3/t23-/m1/s1. The van der Waals surface area contributed by atoms with Crippen molar-refractivity contribution in [3.63, 3.8) is 0 Å². The fourth-order valence-electron chi connectivity index (χ4n) is 3.64. The number of aromatic nitrogens is 3. The fraction of sp³-hybridized carbons (Fsp3) is 0.208. The number of hydrogen-bond donors (Lipinski definition) is 1. The molecule has 0 aliphatic heterocycles. The largest absolute Gasteiger partial charge is 0.367 e. The summed E-state index contributed by atoms with van der Waals surface area (Å²) < 4.78 is 2.06. The van der Waals surface area contributed by atoms with Gasteiger partial charge < -0.3 is 9.55 Å². The summed E-state index contributed by atoms with van der Waals surface area (Å²) in [7, 11) is 0. The molecule has 5 heteroatoms. The highest BCUT2D eigenvalue weighted by Gasteiger charge is 2.23. The van der Waals surface area contributed by atoms with E-state index in [9.17, 15) is 0 Å². The predicted molar refractivity (Wildman–Crippen MR) is 121 cm³/mol. The Labute approximate surface area is 181 Å². The lowest BCUT2D eigenvalue weighted by Crippen LogP contribution is -2.12. The van der Waals surface area contributed by atoms with Gasteiger partial charge in [-0.1, -0.05) is 74.3 Å². The SMILES string of the molecule is CC(C)(C)c1ccc(-c2c[nH]cc2[C@@H](c2ccc(Cl)cc2Cl)n2ccnc2)cc1. The van der Waals surface area contributed by atoms with Crippen molar-refractivity contribution < 1.29 is 0 Å². The molecule has 0 saturated carbocycles. The van der Waals surface area contributed by atoms with Crippen molar-refractivity contribution in [1.82, 2.24) is 14.5 Å². The minimum atomic E-state index is -0.120. The summed E-state index contributed by atoms with van der Waals surface area (Å²) in [6.07, 6.45) is 9.61. The maximum absolute atomic E-state index is 6.60. The molecule has 148 valence electrons. The molecule has 0 spiro atoms. The smallest absolute Gasteiger partial charge is 0.0954 e. The van der Waals surface area contributed by atoms with E-state index >= 15 is 0 Å². The molecule has 0 aliphatic carbocycles. The number of aromatic amines is 1. The maximum Gasteiger partial charge on any atom is 0.0954 e. The molecular formula is C24H23Cl2N3. The molecule has 0 unspecified atom stereocenters. The Morgan fingerprint density at radius 3 is 2.34 bits per heavy atom. The Morgan fingerprint density at radius 1 is 0.966 bits per heavy atom. The molecule has 4 rings (SSSR count). The molecule has 1 N–H and O–H groups in total. The Balaban J connectivity index is 1.83. The third-order valence-corrected chi connectivity index (χ3v) is 5.78. The number of nitrogens with zero attached hydrogens (tertiary/aromatic N) is 2. The molecule has 29 heavy (non-hydrogen) atoms. The van der Waals surface area contributed by atoms with Crippen LogP contribution in [0.2, 0.25) is 10.0 Å². The van der Waals surface area contributed by atoms with E-state index in [0.717, 1.165) is 22.3 Å². The van der Waals surface area contributed by atoms with Crippen molar-refractivity contribution in [1.29, 1.82) is 0 Å². The Kier molecular flexibility index (Phi) is 5.28. The van der Waals surface area contributed by atoms with Crippen molar-refractivity contribution in [3.05, 3.63) is 100 Å². The molecule has 2 heterocycles. The van der Waals surface area contributed by atoms with Crippen LogP contribution in [0.25, 0.3) is 11.1 Å². The second-order valence-corrected chi connectivity index (χ2v) is 9.07. The first kappa shape index (κ1) is 19.8. The second kappa shape index (κ2) is 7.74. The highest BCUT2D eigenvalue weighted by atomic mass is 35.5. The van der Waals surface area contributed by atoms with Gasteiger partial charge in [0.15, 0.2) is 0 Å². The van der Waals surface area contributed by atoms with E-state index < -0.39 is 0 Å². The van der Waals surface area contributed by atoms with Crippen LogP contribution in [-0.4, -0.2) is 14.5 Å². The number of rotatable bonds is 4. The molecule has 1 atom stereocenters. The first-order chi connectivity index (χ1) is 13.8. The van der Waals surface area contributed by atoms with Crippen LogP contribution in [0.15, 0.2) is 73.6 Å². The summed E-state index contributed by atoms with van der Waals surface area (Å²) in [6.45, 7) is 6.67. The normalized spacial score (nSPS) is 12.9. The summed E-state index contributed by atoms with van der Waals surface area (Å²) >= 11 is 12.7. The van der Waals surface area contributed by atoms with Crippen LogP contribution in [0.1, 0.15) is 43.5 Å². The maximum atomic E-state index is 6.60. The molecule has 3 nitrogen and oxygen atoms in total. The molecule has 2 aromatic heterocycles. The molecule has 2 aromatic carbocycles. The number of nitrogens with one attached hydrogen (secondary N) is 1. The minimum absolute atomic E-state index is 0.120. The van der Waals surface area contributed by atoms with Crippen LogP contribution in [0.4, 0.5) is 0 Å². The molecule has 0 bridgehead atoms. The lowest BCUT2D eigenvalue weighted by Gasteiger charge is -2.22. The quantitative estimate of drug-likeness (QED) is 0.372. The van der Waals surface area contributed by atoms with Gasteiger partial charge in [0, 0.05) is 46.0 Å². The molecule has 0 aliphatic rings. The van der Waals surface area contributed by atoms with Gasteiger partial charge in [0.2, 0.25) is 0 Å². The molecular weight excluding hydrogens is 401 g/mol. The van der Waals surface area contributed by atoms with Gasteiger partial charge in [0.1, 0.15) is 0 Å². The number of hydrogen-bond acceptors (Lipinski definition) is 1. The molecule has 0 amide bonds. The van der Waals surface area contributed by atoms with Crippen LogP contribution in [0.3, 0.4) is 0 Å². The van der Waals surface area contributed by atoms with Gasteiger partial charge in [-0.15, -0.1) is 0 Å². The molecule has 0 radical (unpaired) electrons. The van der Waals surface area contributed by atoms with Crippen LogP contribution < -0.4 is 0 Å². The van der Waals surface area contributed by atoms with Crippen molar-refractivity contribution in [2.45, 2.75) is 32.2 Å². The lowest BCUT2D eigenvalue weighted by atomic mass is 9.86. The summed E-state index contributed by atoms with van der Waals surface area (Å²) in [4.78, 5) is 7.53. The highest BCUT2D eigenvalue weighted by Crippen LogP contribution is 2.38. The van der Waals surface area contributed by atoms with Crippen LogP contribution in [0, 0.1) is 0 Å². The first-order valence-electron chi connectivity index (χ1n) is 9.54. The fourth-order valence-corrected chi connectivity index (χ4v) is 4.15. The third-order valence-electron chi connectivity index (χ3n) is 5.21. The van der Waals surface area contributed by atoms with Gasteiger partial charge >= 0.3 is 0 Å². The predicted octanol–water partition coefficient (Wildman–Crippen LogP) is 7.12. The van der Waals surface area contributed by atoms with E-state index in [2.05, 4.69) is 59.6 Å². The van der Waals surface area contributed by atoms with Crippen molar-refractivity contribution in [2.75, 3.05) is 0 Å². The van der Waals surface area contributed by atoms with E-state index in [1.165, 1.54) is 5.56 Å². The highest BCUT2D eigenvalue weighted by molar-refractivity contribution is 6.35. The summed E-state index contributed by atoms with van der Waals surface area (Å²) in [5.41, 5.74) is 5.82. The van der Waals surface area contributed by atoms with Crippen molar-refractivity contribution >= 4 is 23.2 Å². The van der Waals surface area contributed by atoms with Gasteiger partial charge in [0.05, 0.1) is 12.4 Å². The minimum Gasteiger partial charge on any atom is -0.367 e. The Morgan fingerprint density at radius 2 is 1.72 bits per heavy atom. The molecule has 0 saturated heterocycles. The lowest BCUT2D eigenvalue weighted by molar-refractivity contribution is 0.590. The Hall–Kier alpha value is -2.49. The topological polar surface area (TPSA) is 33.6 Å². The van der Waals surface area contributed by atoms with Crippen LogP contribution in [0.5, 0.6) is 0 Å². The van der Waals surface area contributed by atoms with E-state index in [-0.39, 0.29) is 11.5 Å². The van der Waals surface area contributed by atoms with Crippen LogP contribution in [-0.2, 0) is 5.41 Å². The average Bonchev–Trinajstić information content (AvgIpc) is 3.36. The van der Waals surface area contributed by atoms with Gasteiger partial charge in [-0.25, -0.2) is 4.98 Å².